The van der Waals surface area contributed by atoms with Gasteiger partial charge in [-0.15, -0.1) is 0 Å². The molecule has 0 radical (unpaired) electrons. The van der Waals surface area contributed by atoms with Gasteiger partial charge in [0.05, 0.1) is 17.7 Å². The Morgan fingerprint density at radius 1 is 1.15 bits per heavy atom. The first-order valence-corrected chi connectivity index (χ1v) is 13.0. The smallest absolute Gasteiger partial charge is 0.240 e. The normalized spacial score (nSPS) is 22.7. The third-order valence-corrected chi connectivity index (χ3v) is 8.13. The Morgan fingerprint density at radius 3 is 2.58 bits per heavy atom. The van der Waals surface area contributed by atoms with Crippen molar-refractivity contribution in [1.82, 2.24) is 10.0 Å². The molecule has 0 bridgehead atoms. The number of furan rings is 1. The number of carbonyl (C=O) groups excluding carboxylic acids is 2. The van der Waals surface area contributed by atoms with E-state index in [0.717, 1.165) is 42.7 Å². The van der Waals surface area contributed by atoms with Crippen LogP contribution in [0.2, 0.25) is 0 Å². The topological polar surface area (TPSA) is 109 Å². The molecule has 0 saturated heterocycles. The average Bonchev–Trinajstić information content (AvgIpc) is 3.42. The van der Waals surface area contributed by atoms with Crippen molar-refractivity contribution in [2.75, 3.05) is 11.4 Å². The highest BCUT2D eigenvalue weighted by atomic mass is 32.2. The molecule has 1 saturated carbocycles. The van der Waals surface area contributed by atoms with Gasteiger partial charge in [0.1, 0.15) is 5.76 Å². The largest absolute Gasteiger partial charge is 0.467 e. The Hall–Kier alpha value is -2.65. The molecule has 2 N–H and O–H groups in total. The van der Waals surface area contributed by atoms with Gasteiger partial charge in [0.2, 0.25) is 21.8 Å². The minimum absolute atomic E-state index is 0.0230. The summed E-state index contributed by atoms with van der Waals surface area (Å²) in [4.78, 5) is 26.2. The van der Waals surface area contributed by atoms with Gasteiger partial charge in [-0.2, -0.15) is 0 Å². The number of fused-ring (bicyclic) bond motifs is 1. The maximum Gasteiger partial charge on any atom is 0.240 e. The Bertz CT molecular complexity index is 1110. The number of hydrogen-bond acceptors (Lipinski definition) is 5. The molecule has 1 aliphatic carbocycles. The molecule has 2 aliphatic rings. The molecule has 2 aromatic rings. The van der Waals surface area contributed by atoms with E-state index in [2.05, 4.69) is 10.0 Å². The SMILES string of the molecule is CC(=O)N1c2ccc(S(=O)(=O)NCC3CCC(C(=O)NCc4ccco4)CC3)cc2C[C@@H]1C. The summed E-state index contributed by atoms with van der Waals surface area (Å²) < 4.78 is 33.7. The number of benzene rings is 1. The lowest BCUT2D eigenvalue weighted by Gasteiger charge is -2.27. The van der Waals surface area contributed by atoms with Crippen molar-refractivity contribution in [3.8, 4) is 0 Å². The Kier molecular flexibility index (Phi) is 6.90. The van der Waals surface area contributed by atoms with Crippen LogP contribution >= 0.6 is 0 Å². The van der Waals surface area contributed by atoms with E-state index in [1.807, 2.05) is 13.0 Å². The molecule has 9 heteroatoms. The third kappa shape index (κ3) is 5.30. The van der Waals surface area contributed by atoms with Crippen LogP contribution in [-0.2, 0) is 32.6 Å². The van der Waals surface area contributed by atoms with Crippen molar-refractivity contribution >= 4 is 27.5 Å². The summed E-state index contributed by atoms with van der Waals surface area (Å²) in [5.74, 6) is 0.867. The highest BCUT2D eigenvalue weighted by Crippen LogP contribution is 2.34. The first-order chi connectivity index (χ1) is 15.7. The fourth-order valence-electron chi connectivity index (χ4n) is 4.93. The van der Waals surface area contributed by atoms with Crippen LogP contribution in [0.15, 0.2) is 45.9 Å². The van der Waals surface area contributed by atoms with Crippen molar-refractivity contribution in [3.05, 3.63) is 47.9 Å². The lowest BCUT2D eigenvalue weighted by Crippen LogP contribution is -2.36. The third-order valence-electron chi connectivity index (χ3n) is 6.71. The maximum absolute atomic E-state index is 12.9. The van der Waals surface area contributed by atoms with Gasteiger partial charge < -0.3 is 14.6 Å². The van der Waals surface area contributed by atoms with Crippen LogP contribution in [-0.4, -0.2) is 32.8 Å². The number of anilines is 1. The molecular formula is C24H31N3O5S. The van der Waals surface area contributed by atoms with Crippen molar-refractivity contribution in [2.24, 2.45) is 11.8 Å². The maximum atomic E-state index is 12.9. The molecule has 1 fully saturated rings. The van der Waals surface area contributed by atoms with Gasteiger partial charge in [-0.05, 0) is 80.8 Å². The molecule has 1 aromatic carbocycles. The predicted octanol–water partition coefficient (Wildman–Crippen LogP) is 2.98. The predicted molar refractivity (Wildman–Crippen MR) is 124 cm³/mol. The molecule has 4 rings (SSSR count). The van der Waals surface area contributed by atoms with Crippen molar-refractivity contribution in [1.29, 1.82) is 0 Å². The zero-order chi connectivity index (χ0) is 23.6. The van der Waals surface area contributed by atoms with E-state index in [1.54, 1.807) is 35.4 Å². The average molecular weight is 474 g/mol. The quantitative estimate of drug-likeness (QED) is 0.643. The van der Waals surface area contributed by atoms with Gasteiger partial charge >= 0.3 is 0 Å². The highest BCUT2D eigenvalue weighted by molar-refractivity contribution is 7.89. The van der Waals surface area contributed by atoms with Crippen LogP contribution in [0.1, 0.15) is 50.9 Å². The van der Waals surface area contributed by atoms with E-state index in [9.17, 15) is 18.0 Å². The molecule has 8 nitrogen and oxygen atoms in total. The second-order valence-electron chi connectivity index (χ2n) is 9.10. The summed E-state index contributed by atoms with van der Waals surface area (Å²) >= 11 is 0. The van der Waals surface area contributed by atoms with E-state index < -0.39 is 10.0 Å². The summed E-state index contributed by atoms with van der Waals surface area (Å²) in [6.07, 6.45) is 5.32. The monoisotopic (exact) mass is 473 g/mol. The first kappa shape index (κ1) is 23.5. The van der Waals surface area contributed by atoms with Crippen molar-refractivity contribution in [3.63, 3.8) is 0 Å². The Balaban J connectivity index is 1.28. The van der Waals surface area contributed by atoms with E-state index >= 15 is 0 Å². The Labute approximate surface area is 194 Å². The van der Waals surface area contributed by atoms with Crippen LogP contribution in [0.5, 0.6) is 0 Å². The van der Waals surface area contributed by atoms with Crippen LogP contribution in [0.4, 0.5) is 5.69 Å². The number of rotatable bonds is 7. The first-order valence-electron chi connectivity index (χ1n) is 11.5. The minimum atomic E-state index is -3.64. The van der Waals surface area contributed by atoms with Crippen LogP contribution in [0.25, 0.3) is 0 Å². The van der Waals surface area contributed by atoms with E-state index in [0.29, 0.717) is 19.5 Å². The van der Waals surface area contributed by atoms with E-state index in [4.69, 9.17) is 4.42 Å². The molecule has 1 aliphatic heterocycles. The molecular weight excluding hydrogens is 442 g/mol. The fourth-order valence-corrected chi connectivity index (χ4v) is 6.09. The standard InChI is InChI=1S/C24H31N3O5S/c1-16-12-20-13-22(9-10-23(20)27(16)17(2)28)33(30,31)26-14-18-5-7-19(8-6-18)24(29)25-15-21-4-3-11-32-21/h3-4,9-11,13,16,18-19,26H,5-8,12,14-15H2,1-2H3,(H,25,29)/t16-,18?,19?/m0/s1. The van der Waals surface area contributed by atoms with Gasteiger partial charge in [0, 0.05) is 31.1 Å². The number of amides is 2. The molecule has 0 unspecified atom stereocenters. The van der Waals surface area contributed by atoms with Crippen molar-refractivity contribution in [2.45, 2.75) is 63.4 Å². The summed E-state index contributed by atoms with van der Waals surface area (Å²) in [6, 6.07) is 8.60. The summed E-state index contributed by atoms with van der Waals surface area (Å²) in [7, 11) is -3.64. The van der Waals surface area contributed by atoms with Crippen LogP contribution < -0.4 is 14.9 Å². The number of nitrogens with one attached hydrogen (secondary N) is 2. The Morgan fingerprint density at radius 2 is 1.91 bits per heavy atom. The highest BCUT2D eigenvalue weighted by Gasteiger charge is 2.31. The fraction of sp³-hybridized carbons (Fsp3) is 0.500. The molecule has 0 spiro atoms. The summed E-state index contributed by atoms with van der Waals surface area (Å²) in [5.41, 5.74) is 1.67. The summed E-state index contributed by atoms with van der Waals surface area (Å²) in [5, 5.41) is 2.91. The lowest BCUT2D eigenvalue weighted by molar-refractivity contribution is -0.126. The zero-order valence-electron chi connectivity index (χ0n) is 19.0. The van der Waals surface area contributed by atoms with Crippen molar-refractivity contribution < 1.29 is 22.4 Å². The summed E-state index contributed by atoms with van der Waals surface area (Å²) in [6.45, 7) is 4.22. The minimum Gasteiger partial charge on any atom is -0.467 e. The number of hydrogen-bond donors (Lipinski definition) is 2. The van der Waals surface area contributed by atoms with Gasteiger partial charge in [-0.25, -0.2) is 13.1 Å². The van der Waals surface area contributed by atoms with Gasteiger partial charge in [-0.3, -0.25) is 9.59 Å². The van der Waals surface area contributed by atoms with Crippen LogP contribution in [0.3, 0.4) is 0 Å². The number of carbonyl (C=O) groups is 2. The molecule has 2 heterocycles. The number of nitrogens with zero attached hydrogens (tertiary/aromatic N) is 1. The van der Waals surface area contributed by atoms with Gasteiger partial charge in [-0.1, -0.05) is 0 Å². The second kappa shape index (κ2) is 9.69. The van der Waals surface area contributed by atoms with Crippen LogP contribution in [0, 0.1) is 11.8 Å². The second-order valence-corrected chi connectivity index (χ2v) is 10.9. The molecule has 2 amide bonds. The molecule has 178 valence electrons. The zero-order valence-corrected chi connectivity index (χ0v) is 19.9. The van der Waals surface area contributed by atoms with Gasteiger partial charge in [0.25, 0.3) is 0 Å². The molecule has 1 atom stereocenters. The van der Waals surface area contributed by atoms with E-state index in [1.165, 1.54) is 6.92 Å². The molecule has 1 aromatic heterocycles. The molecule has 33 heavy (non-hydrogen) atoms. The van der Waals surface area contributed by atoms with Gasteiger partial charge in [0.15, 0.2) is 0 Å². The lowest BCUT2D eigenvalue weighted by atomic mass is 9.81. The number of sulfonamides is 1. The van der Waals surface area contributed by atoms with E-state index in [-0.39, 0.29) is 34.6 Å².